The molecular weight excluding hydrogens is 211 g/mol. The Morgan fingerprint density at radius 1 is 1.85 bits per heavy atom. The number of halogens is 2. The molecule has 3 nitrogen and oxygen atoms in total. The highest BCUT2D eigenvalue weighted by atomic mass is 35.5. The molecule has 1 N–H and O–H groups in total. The van der Waals surface area contributed by atoms with Crippen molar-refractivity contribution in [3.63, 3.8) is 0 Å². The lowest BCUT2D eigenvalue weighted by molar-refractivity contribution is -0.121. The van der Waals surface area contributed by atoms with E-state index in [0.717, 1.165) is 0 Å². The largest absolute Gasteiger partial charge is 0.341 e. The van der Waals surface area contributed by atoms with Crippen LogP contribution in [0.1, 0.15) is 19.8 Å². The first-order chi connectivity index (χ1) is 5.95. The van der Waals surface area contributed by atoms with E-state index in [0.29, 0.717) is 12.8 Å². The summed E-state index contributed by atoms with van der Waals surface area (Å²) in [6.45, 7) is 1.62. The standard InChI is InChI=1S/C8H10Cl2N2O/c1-5(4-11)12-7(13)2-6-3-8(6,9)10/h5-6H,2-3H2,1H3,(H,12,13)/t5-,6?/m0/s1. The van der Waals surface area contributed by atoms with Crippen LogP contribution in [0.4, 0.5) is 0 Å². The maximum Gasteiger partial charge on any atom is 0.221 e. The second kappa shape index (κ2) is 3.73. The predicted molar refractivity (Wildman–Crippen MR) is 50.4 cm³/mol. The van der Waals surface area contributed by atoms with E-state index in [9.17, 15) is 4.79 Å². The van der Waals surface area contributed by atoms with E-state index < -0.39 is 10.4 Å². The van der Waals surface area contributed by atoms with Crippen molar-refractivity contribution in [2.75, 3.05) is 0 Å². The third-order valence-corrected chi connectivity index (χ3v) is 2.88. The molecular formula is C8H10Cl2N2O. The van der Waals surface area contributed by atoms with Crippen molar-refractivity contribution in [1.82, 2.24) is 5.32 Å². The fourth-order valence-corrected chi connectivity index (χ4v) is 1.57. The van der Waals surface area contributed by atoms with Gasteiger partial charge in [0, 0.05) is 12.3 Å². The molecule has 13 heavy (non-hydrogen) atoms. The molecule has 1 amide bonds. The molecule has 1 fully saturated rings. The van der Waals surface area contributed by atoms with E-state index >= 15 is 0 Å². The van der Waals surface area contributed by atoms with Gasteiger partial charge in [0.05, 0.1) is 6.07 Å². The minimum atomic E-state index is -0.715. The Labute approximate surface area is 87.0 Å². The molecule has 0 radical (unpaired) electrons. The molecule has 72 valence electrons. The van der Waals surface area contributed by atoms with Gasteiger partial charge < -0.3 is 5.32 Å². The summed E-state index contributed by atoms with van der Waals surface area (Å²) in [5, 5.41) is 10.9. The van der Waals surface area contributed by atoms with Crippen LogP contribution in [-0.4, -0.2) is 16.3 Å². The molecule has 1 unspecified atom stereocenters. The summed E-state index contributed by atoms with van der Waals surface area (Å²) in [6.07, 6.45) is 0.962. The molecule has 0 heterocycles. The van der Waals surface area contributed by atoms with Gasteiger partial charge in [-0.1, -0.05) is 0 Å². The first-order valence-electron chi connectivity index (χ1n) is 4.02. The van der Waals surface area contributed by atoms with Gasteiger partial charge in [0.2, 0.25) is 5.91 Å². The van der Waals surface area contributed by atoms with E-state index in [2.05, 4.69) is 5.32 Å². The molecule has 1 rings (SSSR count). The van der Waals surface area contributed by atoms with Gasteiger partial charge in [0.1, 0.15) is 10.4 Å². The molecule has 1 aliphatic rings. The van der Waals surface area contributed by atoms with Gasteiger partial charge in [0.15, 0.2) is 0 Å². The monoisotopic (exact) mass is 220 g/mol. The summed E-state index contributed by atoms with van der Waals surface area (Å²) in [5.41, 5.74) is 0. The van der Waals surface area contributed by atoms with Crippen LogP contribution in [0.3, 0.4) is 0 Å². The number of carbonyl (C=O) groups excluding carboxylic acids is 1. The fraction of sp³-hybridized carbons (Fsp3) is 0.750. The molecule has 1 saturated carbocycles. The van der Waals surface area contributed by atoms with Gasteiger partial charge >= 0.3 is 0 Å². The van der Waals surface area contributed by atoms with E-state index in [1.54, 1.807) is 6.92 Å². The van der Waals surface area contributed by atoms with Crippen LogP contribution in [-0.2, 0) is 4.79 Å². The normalized spacial score (nSPS) is 25.8. The number of nitrogens with one attached hydrogen (secondary N) is 1. The van der Waals surface area contributed by atoms with Crippen molar-refractivity contribution >= 4 is 29.1 Å². The smallest absolute Gasteiger partial charge is 0.221 e. The van der Waals surface area contributed by atoms with Crippen molar-refractivity contribution in [3.05, 3.63) is 0 Å². The number of hydrogen-bond acceptors (Lipinski definition) is 2. The summed E-state index contributed by atoms with van der Waals surface area (Å²) in [6, 6.07) is 1.46. The number of nitrogens with zero attached hydrogens (tertiary/aromatic N) is 1. The van der Waals surface area contributed by atoms with Gasteiger partial charge in [0.25, 0.3) is 0 Å². The fourth-order valence-electron chi connectivity index (χ4n) is 1.05. The van der Waals surface area contributed by atoms with Gasteiger partial charge in [-0.3, -0.25) is 4.79 Å². The van der Waals surface area contributed by atoms with Crippen molar-refractivity contribution < 1.29 is 4.79 Å². The average molecular weight is 221 g/mol. The number of amides is 1. The zero-order chi connectivity index (χ0) is 10.1. The minimum absolute atomic E-state index is 0.0433. The molecule has 2 atom stereocenters. The predicted octanol–water partition coefficient (Wildman–Crippen LogP) is 1.60. The first kappa shape index (κ1) is 10.6. The molecule has 0 aliphatic heterocycles. The van der Waals surface area contributed by atoms with E-state index in [4.69, 9.17) is 28.5 Å². The number of carbonyl (C=O) groups is 1. The van der Waals surface area contributed by atoms with E-state index in [1.807, 2.05) is 6.07 Å². The third kappa shape index (κ3) is 3.06. The molecule has 0 saturated heterocycles. The zero-order valence-corrected chi connectivity index (χ0v) is 8.69. The molecule has 0 aromatic rings. The minimum Gasteiger partial charge on any atom is -0.341 e. The summed E-state index contributed by atoms with van der Waals surface area (Å²) < 4.78 is -0.715. The van der Waals surface area contributed by atoms with Crippen LogP contribution < -0.4 is 5.32 Å². The van der Waals surface area contributed by atoms with Gasteiger partial charge in [-0.25, -0.2) is 0 Å². The maximum absolute atomic E-state index is 11.2. The Morgan fingerprint density at radius 3 is 2.77 bits per heavy atom. The van der Waals surface area contributed by atoms with E-state index in [1.165, 1.54) is 0 Å². The highest BCUT2D eigenvalue weighted by Crippen LogP contribution is 2.54. The lowest BCUT2D eigenvalue weighted by atomic mass is 10.2. The highest BCUT2D eigenvalue weighted by molar-refractivity contribution is 6.51. The Kier molecular flexibility index (Phi) is 3.05. The molecule has 0 bridgehead atoms. The molecule has 5 heteroatoms. The van der Waals surface area contributed by atoms with Crippen LogP contribution in [0.15, 0.2) is 0 Å². The molecule has 0 spiro atoms. The topological polar surface area (TPSA) is 52.9 Å². The Hall–Kier alpha value is -0.460. The Balaban J connectivity index is 2.25. The number of nitriles is 1. The maximum atomic E-state index is 11.2. The molecule has 0 aromatic heterocycles. The molecule has 1 aliphatic carbocycles. The second-order valence-electron chi connectivity index (χ2n) is 3.28. The molecule has 0 aromatic carbocycles. The Morgan fingerprint density at radius 2 is 2.38 bits per heavy atom. The summed E-state index contributed by atoms with van der Waals surface area (Å²) in [7, 11) is 0. The van der Waals surface area contributed by atoms with Gasteiger partial charge in [-0.15, -0.1) is 23.2 Å². The first-order valence-corrected chi connectivity index (χ1v) is 4.78. The average Bonchev–Trinajstić information content (AvgIpc) is 2.58. The summed E-state index contributed by atoms with van der Waals surface area (Å²) in [4.78, 5) is 11.2. The van der Waals surface area contributed by atoms with Crippen LogP contribution in [0, 0.1) is 17.2 Å². The lowest BCUT2D eigenvalue weighted by Gasteiger charge is -2.05. The van der Waals surface area contributed by atoms with Crippen molar-refractivity contribution in [1.29, 1.82) is 5.26 Å². The van der Waals surface area contributed by atoms with Crippen LogP contribution in [0.25, 0.3) is 0 Å². The SMILES string of the molecule is C[C@@H](C#N)NC(=O)CC1CC1(Cl)Cl. The van der Waals surface area contributed by atoms with E-state index in [-0.39, 0.29) is 11.8 Å². The van der Waals surface area contributed by atoms with Gasteiger partial charge in [-0.05, 0) is 13.3 Å². The quantitative estimate of drug-likeness (QED) is 0.736. The number of rotatable bonds is 3. The Bertz CT molecular complexity index is 259. The third-order valence-electron chi connectivity index (χ3n) is 1.96. The van der Waals surface area contributed by atoms with Crippen molar-refractivity contribution in [3.8, 4) is 6.07 Å². The number of hydrogen-bond donors (Lipinski definition) is 1. The summed E-state index contributed by atoms with van der Waals surface area (Å²) in [5.74, 6) is -0.121. The van der Waals surface area contributed by atoms with Crippen molar-refractivity contribution in [2.45, 2.75) is 30.1 Å². The zero-order valence-electron chi connectivity index (χ0n) is 7.18. The lowest BCUT2D eigenvalue weighted by Crippen LogP contribution is -2.31. The highest BCUT2D eigenvalue weighted by Gasteiger charge is 2.52. The van der Waals surface area contributed by atoms with Crippen molar-refractivity contribution in [2.24, 2.45) is 5.92 Å². The van der Waals surface area contributed by atoms with Crippen LogP contribution >= 0.6 is 23.2 Å². The van der Waals surface area contributed by atoms with Gasteiger partial charge in [-0.2, -0.15) is 5.26 Å². The van der Waals surface area contributed by atoms with Crippen LogP contribution in [0.5, 0.6) is 0 Å². The summed E-state index contributed by atoms with van der Waals surface area (Å²) >= 11 is 11.5. The second-order valence-corrected chi connectivity index (χ2v) is 4.83. The van der Waals surface area contributed by atoms with Crippen LogP contribution in [0.2, 0.25) is 0 Å². The number of alkyl halides is 2.